The second-order valence-corrected chi connectivity index (χ2v) is 4.25. The molecule has 0 bridgehead atoms. The Morgan fingerprint density at radius 2 is 1.83 bits per heavy atom. The van der Waals surface area contributed by atoms with Gasteiger partial charge < -0.3 is 5.11 Å². The average molecular weight is 244 g/mol. The molecule has 18 heavy (non-hydrogen) atoms. The summed E-state index contributed by atoms with van der Waals surface area (Å²) in [6, 6.07) is 11.9. The number of aliphatic carboxylic acids is 1. The van der Waals surface area contributed by atoms with E-state index in [0.717, 1.165) is 11.1 Å². The minimum absolute atomic E-state index is 0.0173. The van der Waals surface area contributed by atoms with E-state index in [1.165, 1.54) is 6.07 Å². The number of aryl methyl sites for hydroxylation is 1. The molecule has 92 valence electrons. The zero-order valence-corrected chi connectivity index (χ0v) is 9.98. The Morgan fingerprint density at radius 3 is 2.44 bits per heavy atom. The van der Waals surface area contributed by atoms with Crippen molar-refractivity contribution in [2.45, 2.75) is 13.3 Å². The van der Waals surface area contributed by atoms with Crippen molar-refractivity contribution >= 4 is 5.97 Å². The predicted molar refractivity (Wildman–Crippen MR) is 67.9 cm³/mol. The van der Waals surface area contributed by atoms with Crippen LogP contribution in [0.15, 0.2) is 42.5 Å². The zero-order valence-electron chi connectivity index (χ0n) is 9.98. The molecule has 2 aromatic carbocycles. The van der Waals surface area contributed by atoms with E-state index in [1.807, 2.05) is 6.92 Å². The lowest BCUT2D eigenvalue weighted by Crippen LogP contribution is -1.99. The minimum atomic E-state index is -0.871. The van der Waals surface area contributed by atoms with Gasteiger partial charge in [-0.15, -0.1) is 0 Å². The number of benzene rings is 2. The quantitative estimate of drug-likeness (QED) is 0.898. The van der Waals surface area contributed by atoms with Gasteiger partial charge in [0.1, 0.15) is 5.82 Å². The van der Waals surface area contributed by atoms with Gasteiger partial charge >= 0.3 is 5.97 Å². The summed E-state index contributed by atoms with van der Waals surface area (Å²) < 4.78 is 13.7. The van der Waals surface area contributed by atoms with Gasteiger partial charge in [0.25, 0.3) is 0 Å². The molecule has 1 N–H and O–H groups in total. The van der Waals surface area contributed by atoms with Crippen molar-refractivity contribution in [2.24, 2.45) is 0 Å². The molecule has 0 atom stereocenters. The molecule has 2 nitrogen and oxygen atoms in total. The standard InChI is InChI=1S/C15H13FO2/c1-10-2-7-14(16)13(8-10)12-5-3-11(4-6-12)9-15(17)18/h2-8H,9H2,1H3,(H,17,18). The first-order valence-electron chi connectivity index (χ1n) is 5.63. The Hall–Kier alpha value is -2.16. The summed E-state index contributed by atoms with van der Waals surface area (Å²) in [6.45, 7) is 1.90. The van der Waals surface area contributed by atoms with Gasteiger partial charge in [0.05, 0.1) is 6.42 Å². The van der Waals surface area contributed by atoms with Gasteiger partial charge in [0.2, 0.25) is 0 Å². The fourth-order valence-electron chi connectivity index (χ4n) is 1.84. The van der Waals surface area contributed by atoms with Crippen LogP contribution in [0, 0.1) is 12.7 Å². The van der Waals surface area contributed by atoms with Crippen molar-refractivity contribution in [2.75, 3.05) is 0 Å². The molecule has 0 saturated carbocycles. The number of carboxylic acids is 1. The van der Waals surface area contributed by atoms with E-state index < -0.39 is 5.97 Å². The molecule has 2 aromatic rings. The van der Waals surface area contributed by atoms with Crippen LogP contribution in [0.25, 0.3) is 11.1 Å². The lowest BCUT2D eigenvalue weighted by atomic mass is 10.0. The number of hydrogen-bond donors (Lipinski definition) is 1. The minimum Gasteiger partial charge on any atom is -0.481 e. The van der Waals surface area contributed by atoms with Gasteiger partial charge in [-0.25, -0.2) is 4.39 Å². The Bertz CT molecular complexity index is 574. The molecule has 0 radical (unpaired) electrons. The second-order valence-electron chi connectivity index (χ2n) is 4.25. The first-order valence-corrected chi connectivity index (χ1v) is 5.63. The van der Waals surface area contributed by atoms with Crippen LogP contribution in [0.3, 0.4) is 0 Å². The van der Waals surface area contributed by atoms with Crippen molar-refractivity contribution in [1.82, 2.24) is 0 Å². The van der Waals surface area contributed by atoms with Gasteiger partial charge in [-0.3, -0.25) is 4.79 Å². The van der Waals surface area contributed by atoms with Crippen LogP contribution in [0.4, 0.5) is 4.39 Å². The highest BCUT2D eigenvalue weighted by Crippen LogP contribution is 2.24. The Labute approximate surface area is 105 Å². The Balaban J connectivity index is 2.34. The van der Waals surface area contributed by atoms with E-state index in [-0.39, 0.29) is 12.2 Å². The van der Waals surface area contributed by atoms with Crippen LogP contribution < -0.4 is 0 Å². The molecule has 2 rings (SSSR count). The van der Waals surface area contributed by atoms with Crippen LogP contribution in [0.2, 0.25) is 0 Å². The van der Waals surface area contributed by atoms with Crippen LogP contribution in [0.5, 0.6) is 0 Å². The lowest BCUT2D eigenvalue weighted by molar-refractivity contribution is -0.136. The molecule has 0 fully saturated rings. The van der Waals surface area contributed by atoms with Gasteiger partial charge in [0, 0.05) is 5.56 Å². The SMILES string of the molecule is Cc1ccc(F)c(-c2ccc(CC(=O)O)cc2)c1. The summed E-state index contributed by atoms with van der Waals surface area (Å²) in [5.74, 6) is -1.14. The summed E-state index contributed by atoms with van der Waals surface area (Å²) in [5.41, 5.74) is 2.99. The Morgan fingerprint density at radius 1 is 1.17 bits per heavy atom. The maximum atomic E-state index is 13.7. The van der Waals surface area contributed by atoms with Gasteiger partial charge in [-0.1, -0.05) is 35.9 Å². The van der Waals surface area contributed by atoms with E-state index in [9.17, 15) is 9.18 Å². The lowest BCUT2D eigenvalue weighted by Gasteiger charge is -2.06. The molecule has 0 heterocycles. The molecule has 0 spiro atoms. The molecule has 0 aliphatic heterocycles. The van der Waals surface area contributed by atoms with Crippen molar-refractivity contribution in [3.05, 3.63) is 59.4 Å². The number of rotatable bonds is 3. The molecule has 0 aliphatic rings. The third-order valence-electron chi connectivity index (χ3n) is 2.74. The van der Waals surface area contributed by atoms with Crippen LogP contribution in [0.1, 0.15) is 11.1 Å². The third-order valence-corrected chi connectivity index (χ3v) is 2.74. The summed E-state index contributed by atoms with van der Waals surface area (Å²) in [7, 11) is 0. The van der Waals surface area contributed by atoms with E-state index in [4.69, 9.17) is 5.11 Å². The van der Waals surface area contributed by atoms with E-state index in [1.54, 1.807) is 36.4 Å². The summed E-state index contributed by atoms with van der Waals surface area (Å²) in [5, 5.41) is 8.67. The summed E-state index contributed by atoms with van der Waals surface area (Å²) in [4.78, 5) is 10.6. The molecule has 0 amide bonds. The molecule has 0 unspecified atom stereocenters. The third kappa shape index (κ3) is 2.74. The van der Waals surface area contributed by atoms with Gasteiger partial charge in [-0.2, -0.15) is 0 Å². The highest BCUT2D eigenvalue weighted by atomic mass is 19.1. The smallest absolute Gasteiger partial charge is 0.307 e. The van der Waals surface area contributed by atoms with Crippen molar-refractivity contribution in [3.8, 4) is 11.1 Å². The fraction of sp³-hybridized carbons (Fsp3) is 0.133. The van der Waals surface area contributed by atoms with E-state index in [0.29, 0.717) is 11.1 Å². The predicted octanol–water partition coefficient (Wildman–Crippen LogP) is 3.43. The van der Waals surface area contributed by atoms with Crippen LogP contribution >= 0.6 is 0 Å². The number of halogens is 1. The molecule has 0 aliphatic carbocycles. The van der Waals surface area contributed by atoms with Crippen LogP contribution in [-0.2, 0) is 11.2 Å². The summed E-state index contributed by atoms with van der Waals surface area (Å²) in [6.07, 6.45) is -0.0173. The first kappa shape index (κ1) is 12.3. The average Bonchev–Trinajstić information content (AvgIpc) is 2.33. The van der Waals surface area contributed by atoms with Crippen molar-refractivity contribution in [3.63, 3.8) is 0 Å². The number of carboxylic acid groups (broad SMARTS) is 1. The van der Waals surface area contributed by atoms with Gasteiger partial charge in [-0.05, 0) is 30.2 Å². The molecule has 3 heteroatoms. The summed E-state index contributed by atoms with van der Waals surface area (Å²) >= 11 is 0. The normalized spacial score (nSPS) is 10.3. The highest BCUT2D eigenvalue weighted by Gasteiger charge is 2.06. The van der Waals surface area contributed by atoms with Crippen molar-refractivity contribution in [1.29, 1.82) is 0 Å². The molecule has 0 aromatic heterocycles. The molecular formula is C15H13FO2. The maximum absolute atomic E-state index is 13.7. The second kappa shape index (κ2) is 5.00. The van der Waals surface area contributed by atoms with Crippen molar-refractivity contribution < 1.29 is 14.3 Å². The zero-order chi connectivity index (χ0) is 13.1. The van der Waals surface area contributed by atoms with Gasteiger partial charge in [0.15, 0.2) is 0 Å². The first-order chi connectivity index (χ1) is 8.56. The number of hydrogen-bond acceptors (Lipinski definition) is 1. The number of carbonyl (C=O) groups is 1. The topological polar surface area (TPSA) is 37.3 Å². The van der Waals surface area contributed by atoms with E-state index >= 15 is 0 Å². The molecular weight excluding hydrogens is 231 g/mol. The maximum Gasteiger partial charge on any atom is 0.307 e. The van der Waals surface area contributed by atoms with E-state index in [2.05, 4.69) is 0 Å². The largest absolute Gasteiger partial charge is 0.481 e. The fourth-order valence-corrected chi connectivity index (χ4v) is 1.84. The monoisotopic (exact) mass is 244 g/mol. The van der Waals surface area contributed by atoms with Crippen LogP contribution in [-0.4, -0.2) is 11.1 Å². The Kier molecular flexibility index (Phi) is 3.42. The molecule has 0 saturated heterocycles. The highest BCUT2D eigenvalue weighted by molar-refractivity contribution is 5.71.